The van der Waals surface area contributed by atoms with E-state index in [2.05, 4.69) is 19.2 Å². The molecular weight excluding hydrogens is 288 g/mol. The molecule has 1 heterocycles. The van der Waals surface area contributed by atoms with Crippen LogP contribution in [0.25, 0.3) is 0 Å². The number of carbonyl (C=O) groups is 2. The quantitative estimate of drug-likeness (QED) is 0.900. The third-order valence-corrected chi connectivity index (χ3v) is 4.57. The van der Waals surface area contributed by atoms with Crippen molar-refractivity contribution < 1.29 is 14.7 Å². The van der Waals surface area contributed by atoms with Crippen LogP contribution in [0.15, 0.2) is 24.3 Å². The molecule has 5 nitrogen and oxygen atoms in total. The highest BCUT2D eigenvalue weighted by molar-refractivity contribution is 8.00. The number of hydrogen-bond donors (Lipinski definition) is 2. The molecule has 2 N–H and O–H groups in total. The Bertz CT molecular complexity index is 528. The molecule has 114 valence electrons. The Labute approximate surface area is 128 Å². The SMILES string of the molecule is CC1(C)CN(C(=O)Nc2ccc(CC(=O)O)cc2)CCS1. The molecular formula is C15H20N2O3S. The van der Waals surface area contributed by atoms with Crippen molar-refractivity contribution in [3.8, 4) is 0 Å². The van der Waals surface area contributed by atoms with Crippen LogP contribution < -0.4 is 5.32 Å². The lowest BCUT2D eigenvalue weighted by Gasteiger charge is -2.37. The van der Waals surface area contributed by atoms with Gasteiger partial charge in [0.2, 0.25) is 0 Å². The number of carbonyl (C=O) groups excluding carboxylic acids is 1. The van der Waals surface area contributed by atoms with Crippen LogP contribution >= 0.6 is 11.8 Å². The molecule has 0 bridgehead atoms. The molecule has 0 atom stereocenters. The van der Waals surface area contributed by atoms with Crippen molar-refractivity contribution in [1.29, 1.82) is 0 Å². The topological polar surface area (TPSA) is 69.6 Å². The van der Waals surface area contributed by atoms with Gasteiger partial charge in [-0.1, -0.05) is 12.1 Å². The highest BCUT2D eigenvalue weighted by atomic mass is 32.2. The van der Waals surface area contributed by atoms with Gasteiger partial charge in [-0.05, 0) is 31.5 Å². The third kappa shape index (κ3) is 4.67. The minimum Gasteiger partial charge on any atom is -0.481 e. The van der Waals surface area contributed by atoms with Gasteiger partial charge in [0.05, 0.1) is 6.42 Å². The second-order valence-corrected chi connectivity index (χ2v) is 7.53. The predicted octanol–water partition coefficient (Wildman–Crippen LogP) is 2.67. The maximum Gasteiger partial charge on any atom is 0.321 e. The number of nitrogens with zero attached hydrogens (tertiary/aromatic N) is 1. The van der Waals surface area contributed by atoms with Crippen LogP contribution in [-0.2, 0) is 11.2 Å². The average Bonchev–Trinajstić information content (AvgIpc) is 2.39. The number of hydrogen-bond acceptors (Lipinski definition) is 3. The van der Waals surface area contributed by atoms with Crippen LogP contribution in [0.2, 0.25) is 0 Å². The number of anilines is 1. The first kappa shape index (κ1) is 15.7. The summed E-state index contributed by atoms with van der Waals surface area (Å²) in [5.41, 5.74) is 1.40. The summed E-state index contributed by atoms with van der Waals surface area (Å²) in [6.07, 6.45) is -0.00817. The summed E-state index contributed by atoms with van der Waals surface area (Å²) in [5, 5.41) is 11.6. The summed E-state index contributed by atoms with van der Waals surface area (Å²) in [6.45, 7) is 5.74. The second kappa shape index (κ2) is 6.39. The minimum absolute atomic E-state index is 0.00817. The number of thioether (sulfide) groups is 1. The minimum atomic E-state index is -0.861. The van der Waals surface area contributed by atoms with Gasteiger partial charge in [-0.2, -0.15) is 11.8 Å². The Morgan fingerprint density at radius 3 is 2.57 bits per heavy atom. The number of amides is 2. The molecule has 1 aliphatic heterocycles. The Morgan fingerprint density at radius 2 is 2.00 bits per heavy atom. The predicted molar refractivity (Wildman–Crippen MR) is 84.9 cm³/mol. The zero-order chi connectivity index (χ0) is 15.5. The molecule has 2 amide bonds. The summed E-state index contributed by atoms with van der Waals surface area (Å²) in [6, 6.07) is 6.81. The lowest BCUT2D eigenvalue weighted by atomic mass is 10.1. The maximum absolute atomic E-state index is 12.2. The van der Waals surface area contributed by atoms with Gasteiger partial charge in [-0.15, -0.1) is 0 Å². The highest BCUT2D eigenvalue weighted by Gasteiger charge is 2.29. The Hall–Kier alpha value is -1.69. The number of benzene rings is 1. The van der Waals surface area contributed by atoms with Gasteiger partial charge in [0, 0.05) is 29.3 Å². The second-order valence-electron chi connectivity index (χ2n) is 5.73. The van der Waals surface area contributed by atoms with Crippen molar-refractivity contribution in [3.63, 3.8) is 0 Å². The fourth-order valence-electron chi connectivity index (χ4n) is 2.27. The van der Waals surface area contributed by atoms with Crippen molar-refractivity contribution in [3.05, 3.63) is 29.8 Å². The maximum atomic E-state index is 12.2. The number of rotatable bonds is 3. The molecule has 0 unspecified atom stereocenters. The molecule has 0 saturated carbocycles. The summed E-state index contributed by atoms with van der Waals surface area (Å²) >= 11 is 1.88. The molecule has 1 aromatic carbocycles. The van der Waals surface area contributed by atoms with Crippen LogP contribution in [0.1, 0.15) is 19.4 Å². The normalized spacial score (nSPS) is 17.3. The molecule has 1 aromatic rings. The molecule has 0 spiro atoms. The molecule has 0 aliphatic carbocycles. The summed E-state index contributed by atoms with van der Waals surface area (Å²) in [5.74, 6) is 0.0812. The van der Waals surface area contributed by atoms with Crippen molar-refractivity contribution in [2.45, 2.75) is 25.0 Å². The first-order valence-corrected chi connectivity index (χ1v) is 7.85. The smallest absolute Gasteiger partial charge is 0.321 e. The summed E-state index contributed by atoms with van der Waals surface area (Å²) < 4.78 is 0.0843. The zero-order valence-electron chi connectivity index (χ0n) is 12.3. The molecule has 0 radical (unpaired) electrons. The van der Waals surface area contributed by atoms with E-state index in [1.165, 1.54) is 0 Å². The van der Waals surface area contributed by atoms with E-state index in [4.69, 9.17) is 5.11 Å². The van der Waals surface area contributed by atoms with Gasteiger partial charge in [-0.3, -0.25) is 4.79 Å². The monoisotopic (exact) mass is 308 g/mol. The van der Waals surface area contributed by atoms with Gasteiger partial charge < -0.3 is 15.3 Å². The van der Waals surface area contributed by atoms with E-state index in [0.29, 0.717) is 5.69 Å². The summed E-state index contributed by atoms with van der Waals surface area (Å²) in [7, 11) is 0. The first-order valence-electron chi connectivity index (χ1n) is 6.86. The van der Waals surface area contributed by atoms with Crippen LogP contribution in [-0.4, -0.2) is 45.6 Å². The number of carboxylic acids is 1. The fraction of sp³-hybridized carbons (Fsp3) is 0.467. The Balaban J connectivity index is 1.94. The molecule has 21 heavy (non-hydrogen) atoms. The number of carboxylic acid groups (broad SMARTS) is 1. The number of nitrogens with one attached hydrogen (secondary N) is 1. The molecule has 1 fully saturated rings. The van der Waals surface area contributed by atoms with E-state index in [0.717, 1.165) is 24.4 Å². The van der Waals surface area contributed by atoms with E-state index >= 15 is 0 Å². The highest BCUT2D eigenvalue weighted by Crippen LogP contribution is 2.29. The van der Waals surface area contributed by atoms with Crippen molar-refractivity contribution in [2.75, 3.05) is 24.2 Å². The van der Waals surface area contributed by atoms with Crippen LogP contribution in [0, 0.1) is 0 Å². The largest absolute Gasteiger partial charge is 0.481 e. The van der Waals surface area contributed by atoms with E-state index < -0.39 is 5.97 Å². The number of aliphatic carboxylic acids is 1. The van der Waals surface area contributed by atoms with E-state index in [-0.39, 0.29) is 17.2 Å². The van der Waals surface area contributed by atoms with Crippen LogP contribution in [0.3, 0.4) is 0 Å². The van der Waals surface area contributed by atoms with Gasteiger partial charge in [0.1, 0.15) is 0 Å². The average molecular weight is 308 g/mol. The summed E-state index contributed by atoms with van der Waals surface area (Å²) in [4.78, 5) is 24.7. The van der Waals surface area contributed by atoms with Crippen LogP contribution in [0.4, 0.5) is 10.5 Å². The molecule has 2 rings (SSSR count). The van der Waals surface area contributed by atoms with Crippen LogP contribution in [0.5, 0.6) is 0 Å². The third-order valence-electron chi connectivity index (χ3n) is 3.27. The zero-order valence-corrected chi connectivity index (χ0v) is 13.1. The number of urea groups is 1. The molecule has 1 aliphatic rings. The van der Waals surface area contributed by atoms with Gasteiger partial charge in [0.25, 0.3) is 0 Å². The molecule has 6 heteroatoms. The molecule has 1 saturated heterocycles. The fourth-order valence-corrected chi connectivity index (χ4v) is 3.38. The van der Waals surface area contributed by atoms with Gasteiger partial charge in [-0.25, -0.2) is 4.79 Å². The molecule has 0 aromatic heterocycles. The lowest BCUT2D eigenvalue weighted by Crippen LogP contribution is -2.47. The van der Waals surface area contributed by atoms with Gasteiger partial charge >= 0.3 is 12.0 Å². The van der Waals surface area contributed by atoms with Crippen molar-refractivity contribution in [1.82, 2.24) is 4.90 Å². The van der Waals surface area contributed by atoms with Crippen molar-refractivity contribution in [2.24, 2.45) is 0 Å². The lowest BCUT2D eigenvalue weighted by molar-refractivity contribution is -0.136. The Kier molecular flexibility index (Phi) is 4.77. The first-order chi connectivity index (χ1) is 9.85. The van der Waals surface area contributed by atoms with E-state index in [1.54, 1.807) is 24.3 Å². The standard InChI is InChI=1S/C15H20N2O3S/c1-15(2)10-17(7-8-21-15)14(20)16-12-5-3-11(4-6-12)9-13(18)19/h3-6H,7-10H2,1-2H3,(H,16,20)(H,18,19). The Morgan fingerprint density at radius 1 is 1.33 bits per heavy atom. The van der Waals surface area contributed by atoms with Gasteiger partial charge in [0.15, 0.2) is 0 Å². The van der Waals surface area contributed by atoms with E-state index in [1.807, 2.05) is 16.7 Å². The van der Waals surface area contributed by atoms with Crippen molar-refractivity contribution >= 4 is 29.4 Å². The van der Waals surface area contributed by atoms with E-state index in [9.17, 15) is 9.59 Å².